The van der Waals surface area contributed by atoms with Gasteiger partial charge in [-0.25, -0.2) is 4.79 Å². The number of ether oxygens (including phenoxy) is 2. The SMILES string of the molecule is CCC(C)C(=O)O[C@H]1c2c(ccc3ccc(=O)oc23)OC(C)(C)[C@H]1O. The Balaban J connectivity index is 2.18. The van der Waals surface area contributed by atoms with Crippen molar-refractivity contribution in [2.75, 3.05) is 0 Å². The van der Waals surface area contributed by atoms with Gasteiger partial charge in [-0.2, -0.15) is 0 Å². The lowest BCUT2D eigenvalue weighted by atomic mass is 9.87. The summed E-state index contributed by atoms with van der Waals surface area (Å²) in [5.74, 6) is -0.284. The molecule has 1 aromatic heterocycles. The monoisotopic (exact) mass is 346 g/mol. The van der Waals surface area contributed by atoms with Crippen LogP contribution in [0.25, 0.3) is 11.0 Å². The van der Waals surface area contributed by atoms with Crippen molar-refractivity contribution in [2.45, 2.75) is 51.9 Å². The number of benzene rings is 1. The van der Waals surface area contributed by atoms with Gasteiger partial charge in [0.1, 0.15) is 23.0 Å². The average Bonchev–Trinajstić information content (AvgIpc) is 2.57. The number of hydrogen-bond acceptors (Lipinski definition) is 6. The fraction of sp³-hybridized carbons (Fsp3) is 0.474. The minimum absolute atomic E-state index is 0.265. The Morgan fingerprint density at radius 3 is 2.68 bits per heavy atom. The fourth-order valence-electron chi connectivity index (χ4n) is 2.89. The molecule has 1 aliphatic heterocycles. The standard InChI is InChI=1S/C19H22O6/c1-5-10(2)18(22)24-16-14-12(25-19(3,4)17(16)21)8-6-11-7-9-13(20)23-15(11)14/h6-10,16-17,21H,5H2,1-4H3/t10?,16-,17-/m0/s1. The number of carbonyl (C=O) groups excluding carboxylic acids is 1. The van der Waals surface area contributed by atoms with E-state index in [1.807, 2.05) is 6.92 Å². The molecule has 2 aromatic rings. The van der Waals surface area contributed by atoms with E-state index >= 15 is 0 Å². The van der Waals surface area contributed by atoms with E-state index < -0.39 is 29.4 Å². The fourth-order valence-corrected chi connectivity index (χ4v) is 2.89. The zero-order chi connectivity index (χ0) is 18.4. The number of aliphatic hydroxyl groups is 1. The highest BCUT2D eigenvalue weighted by Gasteiger charge is 2.46. The molecule has 3 rings (SSSR count). The number of carbonyl (C=O) groups is 1. The van der Waals surface area contributed by atoms with Gasteiger partial charge in [-0.3, -0.25) is 4.79 Å². The van der Waals surface area contributed by atoms with E-state index in [-0.39, 0.29) is 11.5 Å². The second-order valence-corrected chi connectivity index (χ2v) is 6.97. The number of hydrogen-bond donors (Lipinski definition) is 1. The largest absolute Gasteiger partial charge is 0.484 e. The quantitative estimate of drug-likeness (QED) is 0.679. The van der Waals surface area contributed by atoms with E-state index in [1.54, 1.807) is 39.0 Å². The van der Waals surface area contributed by atoms with Crippen LogP contribution in [-0.4, -0.2) is 22.8 Å². The van der Waals surface area contributed by atoms with Gasteiger partial charge in [-0.1, -0.05) is 13.8 Å². The Bertz CT molecular complexity index is 866. The summed E-state index contributed by atoms with van der Waals surface area (Å²) in [4.78, 5) is 24.0. The van der Waals surface area contributed by atoms with Gasteiger partial charge in [-0.15, -0.1) is 0 Å². The molecular weight excluding hydrogens is 324 g/mol. The van der Waals surface area contributed by atoms with Crippen LogP contribution in [0.1, 0.15) is 45.8 Å². The second kappa shape index (κ2) is 6.19. The Kier molecular flexibility index (Phi) is 4.33. The Morgan fingerprint density at radius 1 is 1.32 bits per heavy atom. The first-order valence-corrected chi connectivity index (χ1v) is 8.39. The van der Waals surface area contributed by atoms with Crippen molar-refractivity contribution in [3.8, 4) is 5.75 Å². The van der Waals surface area contributed by atoms with Crippen molar-refractivity contribution < 1.29 is 23.8 Å². The summed E-state index contributed by atoms with van der Waals surface area (Å²) < 4.78 is 16.8. The van der Waals surface area contributed by atoms with E-state index in [0.29, 0.717) is 23.1 Å². The summed E-state index contributed by atoms with van der Waals surface area (Å²) in [7, 11) is 0. The molecule has 0 saturated carbocycles. The molecule has 1 N–H and O–H groups in total. The van der Waals surface area contributed by atoms with Gasteiger partial charge in [0, 0.05) is 11.5 Å². The number of fused-ring (bicyclic) bond motifs is 3. The van der Waals surface area contributed by atoms with Crippen LogP contribution in [0, 0.1) is 5.92 Å². The zero-order valence-electron chi connectivity index (χ0n) is 14.7. The molecule has 0 saturated heterocycles. The first-order chi connectivity index (χ1) is 11.7. The van der Waals surface area contributed by atoms with Crippen LogP contribution in [0.5, 0.6) is 5.75 Å². The zero-order valence-corrected chi connectivity index (χ0v) is 14.7. The lowest BCUT2D eigenvalue weighted by Gasteiger charge is -2.41. The van der Waals surface area contributed by atoms with Crippen LogP contribution in [0.2, 0.25) is 0 Å². The molecule has 1 unspecified atom stereocenters. The molecule has 2 heterocycles. The third-order valence-corrected chi connectivity index (χ3v) is 4.70. The smallest absolute Gasteiger partial charge is 0.336 e. The molecule has 0 radical (unpaired) electrons. The van der Waals surface area contributed by atoms with Gasteiger partial charge in [0.25, 0.3) is 0 Å². The molecule has 0 aliphatic carbocycles. The maximum atomic E-state index is 12.3. The van der Waals surface area contributed by atoms with Crippen LogP contribution in [0.15, 0.2) is 33.5 Å². The molecule has 1 aromatic carbocycles. The molecule has 1 aliphatic rings. The lowest BCUT2D eigenvalue weighted by Crippen LogP contribution is -2.50. The third-order valence-electron chi connectivity index (χ3n) is 4.70. The predicted molar refractivity (Wildman–Crippen MR) is 91.5 cm³/mol. The highest BCUT2D eigenvalue weighted by atomic mass is 16.6. The topological polar surface area (TPSA) is 86.0 Å². The van der Waals surface area contributed by atoms with Crippen molar-refractivity contribution in [1.29, 1.82) is 0 Å². The van der Waals surface area contributed by atoms with Crippen molar-refractivity contribution in [1.82, 2.24) is 0 Å². The highest BCUT2D eigenvalue weighted by molar-refractivity contribution is 5.83. The summed E-state index contributed by atoms with van der Waals surface area (Å²) in [6.07, 6.45) is -1.46. The maximum Gasteiger partial charge on any atom is 0.336 e. The normalized spacial score (nSPS) is 22.8. The third kappa shape index (κ3) is 3.02. The van der Waals surface area contributed by atoms with Crippen molar-refractivity contribution in [3.63, 3.8) is 0 Å². The van der Waals surface area contributed by atoms with Gasteiger partial charge < -0.3 is 19.0 Å². The molecule has 0 bridgehead atoms. The number of aliphatic hydroxyl groups excluding tert-OH is 1. The molecule has 0 fully saturated rings. The predicted octanol–water partition coefficient (Wildman–Crippen LogP) is 2.96. The van der Waals surface area contributed by atoms with Gasteiger partial charge in [-0.05, 0) is 38.5 Å². The first-order valence-electron chi connectivity index (χ1n) is 8.39. The Hall–Kier alpha value is -2.34. The van der Waals surface area contributed by atoms with E-state index in [9.17, 15) is 14.7 Å². The molecule has 25 heavy (non-hydrogen) atoms. The molecule has 0 amide bonds. The van der Waals surface area contributed by atoms with Crippen molar-refractivity contribution in [3.05, 3.63) is 40.2 Å². The van der Waals surface area contributed by atoms with Gasteiger partial charge >= 0.3 is 11.6 Å². The summed E-state index contributed by atoms with van der Waals surface area (Å²) in [5, 5.41) is 11.4. The summed E-state index contributed by atoms with van der Waals surface area (Å²) in [6, 6.07) is 6.44. The number of esters is 1. The van der Waals surface area contributed by atoms with Crippen LogP contribution in [0.4, 0.5) is 0 Å². The molecule has 134 valence electrons. The molecule has 6 nitrogen and oxygen atoms in total. The highest BCUT2D eigenvalue weighted by Crippen LogP contribution is 2.45. The van der Waals surface area contributed by atoms with Crippen molar-refractivity contribution >= 4 is 16.9 Å². The van der Waals surface area contributed by atoms with Crippen LogP contribution < -0.4 is 10.4 Å². The summed E-state index contributed by atoms with van der Waals surface area (Å²) in [5.41, 5.74) is -0.830. The molecular formula is C19H22O6. The summed E-state index contributed by atoms with van der Waals surface area (Å²) >= 11 is 0. The van der Waals surface area contributed by atoms with Crippen molar-refractivity contribution in [2.24, 2.45) is 5.92 Å². The van der Waals surface area contributed by atoms with Gasteiger partial charge in [0.05, 0.1) is 11.5 Å². The molecule has 0 spiro atoms. The Labute approximate surface area is 145 Å². The van der Waals surface area contributed by atoms with Gasteiger partial charge in [0.15, 0.2) is 6.10 Å². The van der Waals surface area contributed by atoms with Crippen LogP contribution in [0.3, 0.4) is 0 Å². The first kappa shape index (κ1) is 17.5. The van der Waals surface area contributed by atoms with E-state index in [1.165, 1.54) is 6.07 Å². The summed E-state index contributed by atoms with van der Waals surface area (Å²) in [6.45, 7) is 7.09. The Morgan fingerprint density at radius 2 is 2.00 bits per heavy atom. The second-order valence-electron chi connectivity index (χ2n) is 6.97. The minimum atomic E-state index is -1.11. The number of rotatable bonds is 3. The minimum Gasteiger partial charge on any atom is -0.484 e. The van der Waals surface area contributed by atoms with E-state index in [0.717, 1.165) is 0 Å². The molecule has 3 atom stereocenters. The van der Waals surface area contributed by atoms with Crippen LogP contribution in [-0.2, 0) is 9.53 Å². The lowest BCUT2D eigenvalue weighted by molar-refractivity contribution is -0.174. The van der Waals surface area contributed by atoms with Gasteiger partial charge in [0.2, 0.25) is 0 Å². The van der Waals surface area contributed by atoms with E-state index in [4.69, 9.17) is 13.9 Å². The maximum absolute atomic E-state index is 12.3. The van der Waals surface area contributed by atoms with E-state index in [2.05, 4.69) is 0 Å². The average molecular weight is 346 g/mol. The molecule has 6 heteroatoms. The van der Waals surface area contributed by atoms with Crippen LogP contribution >= 0.6 is 0 Å².